The summed E-state index contributed by atoms with van der Waals surface area (Å²) in [6.07, 6.45) is 6.42. The molecular formula is C12H21NO3. The van der Waals surface area contributed by atoms with E-state index >= 15 is 0 Å². The lowest BCUT2D eigenvalue weighted by atomic mass is 9.91. The molecule has 1 aliphatic heterocycles. The highest BCUT2D eigenvalue weighted by molar-refractivity contribution is 5.65. The largest absolute Gasteiger partial charge is 0.465 e. The number of aliphatic hydroxyl groups excluding tert-OH is 1. The Labute approximate surface area is 96.3 Å². The number of aliphatic hydroxyl groups is 1. The van der Waals surface area contributed by atoms with Crippen molar-refractivity contribution in [1.29, 1.82) is 0 Å². The van der Waals surface area contributed by atoms with E-state index in [4.69, 9.17) is 10.2 Å². The number of hydrogen-bond donors (Lipinski definition) is 2. The van der Waals surface area contributed by atoms with Gasteiger partial charge in [0.25, 0.3) is 0 Å². The lowest BCUT2D eigenvalue weighted by Crippen LogP contribution is -2.36. The number of rotatable bonds is 3. The molecule has 2 unspecified atom stereocenters. The normalized spacial score (nSPS) is 31.2. The quantitative estimate of drug-likeness (QED) is 0.774. The second-order valence-electron chi connectivity index (χ2n) is 5.26. The molecule has 4 nitrogen and oxygen atoms in total. The van der Waals surface area contributed by atoms with E-state index in [2.05, 4.69) is 0 Å². The summed E-state index contributed by atoms with van der Waals surface area (Å²) in [6.45, 7) is 0.588. The zero-order valence-electron chi connectivity index (χ0n) is 9.64. The van der Waals surface area contributed by atoms with Gasteiger partial charge in [-0.15, -0.1) is 0 Å². The smallest absolute Gasteiger partial charge is 0.407 e. The van der Waals surface area contributed by atoms with Gasteiger partial charge in [0.05, 0.1) is 12.6 Å². The van der Waals surface area contributed by atoms with E-state index in [0.717, 1.165) is 18.8 Å². The molecule has 1 amide bonds. The van der Waals surface area contributed by atoms with Crippen molar-refractivity contribution in [3.05, 3.63) is 0 Å². The van der Waals surface area contributed by atoms with Crippen molar-refractivity contribution < 1.29 is 15.0 Å². The van der Waals surface area contributed by atoms with Crippen molar-refractivity contribution in [2.75, 3.05) is 13.2 Å². The molecule has 1 saturated heterocycles. The van der Waals surface area contributed by atoms with Crippen LogP contribution in [0, 0.1) is 11.8 Å². The summed E-state index contributed by atoms with van der Waals surface area (Å²) >= 11 is 0. The molecule has 2 fully saturated rings. The van der Waals surface area contributed by atoms with Gasteiger partial charge >= 0.3 is 6.09 Å². The number of carboxylic acid groups (broad SMARTS) is 1. The Kier molecular flexibility index (Phi) is 3.69. The van der Waals surface area contributed by atoms with Crippen LogP contribution in [0.15, 0.2) is 0 Å². The summed E-state index contributed by atoms with van der Waals surface area (Å²) < 4.78 is 0. The predicted molar refractivity (Wildman–Crippen MR) is 60.3 cm³/mol. The summed E-state index contributed by atoms with van der Waals surface area (Å²) in [4.78, 5) is 12.4. The van der Waals surface area contributed by atoms with E-state index < -0.39 is 6.09 Å². The molecule has 0 bridgehead atoms. The highest BCUT2D eigenvalue weighted by atomic mass is 16.4. The molecular weight excluding hydrogens is 206 g/mol. The first kappa shape index (κ1) is 11.7. The fourth-order valence-electron chi connectivity index (χ4n) is 3.31. The summed E-state index contributed by atoms with van der Waals surface area (Å²) in [7, 11) is 0. The fourth-order valence-corrected chi connectivity index (χ4v) is 3.31. The molecule has 0 aromatic rings. The predicted octanol–water partition coefficient (Wildman–Crippen LogP) is 1.93. The Morgan fingerprint density at radius 1 is 1.25 bits per heavy atom. The minimum absolute atomic E-state index is 0.0343. The van der Waals surface area contributed by atoms with Crippen LogP contribution < -0.4 is 0 Å². The van der Waals surface area contributed by atoms with E-state index in [-0.39, 0.29) is 12.6 Å². The molecule has 92 valence electrons. The second-order valence-corrected chi connectivity index (χ2v) is 5.26. The maximum Gasteiger partial charge on any atom is 0.407 e. The first-order valence-corrected chi connectivity index (χ1v) is 6.31. The van der Waals surface area contributed by atoms with Crippen molar-refractivity contribution in [1.82, 2.24) is 4.90 Å². The molecule has 16 heavy (non-hydrogen) atoms. The van der Waals surface area contributed by atoms with E-state index in [1.54, 1.807) is 0 Å². The van der Waals surface area contributed by atoms with Crippen LogP contribution in [0.5, 0.6) is 0 Å². The van der Waals surface area contributed by atoms with Crippen LogP contribution in [-0.2, 0) is 0 Å². The highest BCUT2D eigenvalue weighted by Crippen LogP contribution is 2.35. The number of amides is 1. The zero-order chi connectivity index (χ0) is 11.5. The first-order valence-electron chi connectivity index (χ1n) is 6.31. The van der Waals surface area contributed by atoms with E-state index in [0.29, 0.717) is 12.5 Å². The van der Waals surface area contributed by atoms with Gasteiger partial charge in [-0.2, -0.15) is 0 Å². The van der Waals surface area contributed by atoms with Crippen LogP contribution in [-0.4, -0.2) is 40.4 Å². The van der Waals surface area contributed by atoms with Crippen LogP contribution in [0.2, 0.25) is 0 Å². The lowest BCUT2D eigenvalue weighted by Gasteiger charge is -2.18. The molecule has 0 spiro atoms. The monoisotopic (exact) mass is 227 g/mol. The molecule has 0 aromatic carbocycles. The zero-order valence-corrected chi connectivity index (χ0v) is 9.64. The maximum atomic E-state index is 11.0. The van der Waals surface area contributed by atoms with E-state index in [1.165, 1.54) is 30.6 Å². The second kappa shape index (κ2) is 5.04. The molecule has 0 radical (unpaired) electrons. The number of carbonyl (C=O) groups is 1. The van der Waals surface area contributed by atoms with Crippen molar-refractivity contribution >= 4 is 6.09 Å². The van der Waals surface area contributed by atoms with Crippen molar-refractivity contribution in [3.63, 3.8) is 0 Å². The van der Waals surface area contributed by atoms with Gasteiger partial charge in [-0.3, -0.25) is 0 Å². The maximum absolute atomic E-state index is 11.0. The average Bonchev–Trinajstić information content (AvgIpc) is 2.87. The Morgan fingerprint density at radius 2 is 1.94 bits per heavy atom. The number of nitrogens with zero attached hydrogens (tertiary/aromatic N) is 1. The van der Waals surface area contributed by atoms with Gasteiger partial charge in [0, 0.05) is 6.54 Å². The van der Waals surface area contributed by atoms with Crippen LogP contribution in [0.25, 0.3) is 0 Å². The topological polar surface area (TPSA) is 60.8 Å². The molecule has 2 aliphatic rings. The van der Waals surface area contributed by atoms with Crippen molar-refractivity contribution in [2.45, 2.75) is 44.6 Å². The summed E-state index contributed by atoms with van der Waals surface area (Å²) in [5, 5.41) is 18.2. The Balaban J connectivity index is 1.86. The van der Waals surface area contributed by atoms with E-state index in [9.17, 15) is 4.79 Å². The van der Waals surface area contributed by atoms with Gasteiger partial charge in [-0.1, -0.05) is 25.7 Å². The van der Waals surface area contributed by atoms with Crippen molar-refractivity contribution in [3.8, 4) is 0 Å². The van der Waals surface area contributed by atoms with Crippen LogP contribution >= 0.6 is 0 Å². The van der Waals surface area contributed by atoms with Gasteiger partial charge in [0.1, 0.15) is 0 Å². The fraction of sp³-hybridized carbons (Fsp3) is 0.917. The van der Waals surface area contributed by atoms with Gasteiger partial charge in [-0.25, -0.2) is 4.79 Å². The average molecular weight is 227 g/mol. The Bertz CT molecular complexity index is 251. The van der Waals surface area contributed by atoms with Gasteiger partial charge in [0.2, 0.25) is 0 Å². The Hall–Kier alpha value is -0.770. The summed E-state index contributed by atoms with van der Waals surface area (Å²) in [5.74, 6) is 1.27. The summed E-state index contributed by atoms with van der Waals surface area (Å²) in [5.41, 5.74) is 0. The third-order valence-electron chi connectivity index (χ3n) is 4.10. The third kappa shape index (κ3) is 2.48. The molecule has 1 heterocycles. The van der Waals surface area contributed by atoms with Crippen LogP contribution in [0.1, 0.15) is 38.5 Å². The Morgan fingerprint density at radius 3 is 2.44 bits per heavy atom. The van der Waals surface area contributed by atoms with Gasteiger partial charge in [-0.05, 0) is 24.7 Å². The number of likely N-dealkylation sites (tertiary alicyclic amines) is 1. The first-order chi connectivity index (χ1) is 7.70. The SMILES string of the molecule is O=C(O)N1CC(CC2CCCC2)CC1CO. The van der Waals surface area contributed by atoms with E-state index in [1.807, 2.05) is 0 Å². The highest BCUT2D eigenvalue weighted by Gasteiger charge is 2.35. The minimum Gasteiger partial charge on any atom is -0.465 e. The van der Waals surface area contributed by atoms with Crippen LogP contribution in [0.4, 0.5) is 4.79 Å². The standard InChI is InChI=1S/C12H21NO3/c14-8-11-6-10(7-13(11)12(15)16)5-9-3-1-2-4-9/h9-11,14H,1-8H2,(H,15,16). The molecule has 2 N–H and O–H groups in total. The lowest BCUT2D eigenvalue weighted by molar-refractivity contribution is 0.118. The molecule has 2 rings (SSSR count). The molecule has 4 heteroatoms. The molecule has 1 aliphatic carbocycles. The van der Waals surface area contributed by atoms with Gasteiger partial charge in [0.15, 0.2) is 0 Å². The van der Waals surface area contributed by atoms with Crippen LogP contribution in [0.3, 0.4) is 0 Å². The van der Waals surface area contributed by atoms with Crippen molar-refractivity contribution in [2.24, 2.45) is 11.8 Å². The minimum atomic E-state index is -0.882. The summed E-state index contributed by atoms with van der Waals surface area (Å²) in [6, 6.07) is -0.163. The molecule has 1 saturated carbocycles. The number of hydrogen-bond acceptors (Lipinski definition) is 2. The third-order valence-corrected chi connectivity index (χ3v) is 4.10. The van der Waals surface area contributed by atoms with Gasteiger partial charge < -0.3 is 15.1 Å². The molecule has 0 aromatic heterocycles. The molecule has 2 atom stereocenters.